The van der Waals surface area contributed by atoms with Crippen LogP contribution < -0.4 is 4.90 Å². The van der Waals surface area contributed by atoms with Crippen molar-refractivity contribution in [2.75, 3.05) is 30.8 Å². The first-order valence-electron chi connectivity index (χ1n) is 8.62. The Morgan fingerprint density at radius 1 is 1.35 bits per heavy atom. The Morgan fingerprint density at radius 2 is 2.08 bits per heavy atom. The second-order valence-corrected chi connectivity index (χ2v) is 9.24. The number of halogens is 2. The van der Waals surface area contributed by atoms with Crippen LogP contribution >= 0.6 is 0 Å². The number of rotatable bonds is 6. The molecule has 2 aromatic heterocycles. The van der Waals surface area contributed by atoms with Crippen LogP contribution in [0.2, 0.25) is 0 Å². The number of aromatic nitrogens is 3. The van der Waals surface area contributed by atoms with E-state index >= 15 is 0 Å². The first kappa shape index (κ1) is 17.6. The normalized spacial score (nSPS) is 24.6. The number of fused-ring (bicyclic) bond motifs is 1. The lowest BCUT2D eigenvalue weighted by atomic mass is 9.81. The smallest absolute Gasteiger partial charge is 0.243 e. The van der Waals surface area contributed by atoms with Crippen LogP contribution in [0.5, 0.6) is 0 Å². The van der Waals surface area contributed by atoms with Gasteiger partial charge in [-0.05, 0) is 24.8 Å². The van der Waals surface area contributed by atoms with Gasteiger partial charge in [-0.25, -0.2) is 31.5 Å². The zero-order chi connectivity index (χ0) is 18.5. The third-order valence-corrected chi connectivity index (χ3v) is 7.48. The molecule has 7 nitrogen and oxygen atoms in total. The highest BCUT2D eigenvalue weighted by atomic mass is 32.2. The highest BCUT2D eigenvalue weighted by molar-refractivity contribution is 7.89. The molecule has 4 rings (SSSR count). The number of H-pyrrole nitrogens is 1. The van der Waals surface area contributed by atoms with Crippen LogP contribution in [-0.2, 0) is 10.0 Å². The summed E-state index contributed by atoms with van der Waals surface area (Å²) in [7, 11) is -1.49. The molecule has 0 aromatic carbocycles. The van der Waals surface area contributed by atoms with Gasteiger partial charge in [0.2, 0.25) is 16.4 Å². The lowest BCUT2D eigenvalue weighted by molar-refractivity contribution is 0.0121. The number of anilines is 1. The molecule has 1 N–H and O–H groups in total. The monoisotopic (exact) mass is 385 g/mol. The van der Waals surface area contributed by atoms with Gasteiger partial charge in [-0.15, -0.1) is 0 Å². The minimum Gasteiger partial charge on any atom is -0.356 e. The predicted molar refractivity (Wildman–Crippen MR) is 93.7 cm³/mol. The van der Waals surface area contributed by atoms with Crippen LogP contribution in [0.3, 0.4) is 0 Å². The van der Waals surface area contributed by atoms with E-state index < -0.39 is 22.4 Å². The Kier molecular flexibility index (Phi) is 4.34. The van der Waals surface area contributed by atoms with Crippen molar-refractivity contribution in [2.24, 2.45) is 11.8 Å². The van der Waals surface area contributed by atoms with Crippen LogP contribution in [0.1, 0.15) is 12.8 Å². The number of sulfonamides is 1. The van der Waals surface area contributed by atoms with Gasteiger partial charge < -0.3 is 9.88 Å². The van der Waals surface area contributed by atoms with Gasteiger partial charge in [0.1, 0.15) is 17.8 Å². The lowest BCUT2D eigenvalue weighted by Gasteiger charge is -2.44. The quantitative estimate of drug-likeness (QED) is 0.819. The Balaban J connectivity index is 1.33. The van der Waals surface area contributed by atoms with Crippen LogP contribution in [0.4, 0.5) is 14.6 Å². The Hall–Kier alpha value is -1.81. The molecule has 0 amide bonds. The van der Waals surface area contributed by atoms with E-state index in [1.165, 1.54) is 10.6 Å². The van der Waals surface area contributed by atoms with Gasteiger partial charge in [-0.1, -0.05) is 0 Å². The van der Waals surface area contributed by atoms with Gasteiger partial charge in [0.25, 0.3) is 0 Å². The molecule has 26 heavy (non-hydrogen) atoms. The maximum atomic E-state index is 12.5. The molecule has 3 heterocycles. The van der Waals surface area contributed by atoms with Crippen molar-refractivity contribution in [2.45, 2.75) is 25.3 Å². The summed E-state index contributed by atoms with van der Waals surface area (Å²) in [6, 6.07) is 2.14. The molecule has 2 fully saturated rings. The lowest BCUT2D eigenvalue weighted by Crippen LogP contribution is -2.55. The molecule has 1 saturated heterocycles. The third kappa shape index (κ3) is 3.05. The van der Waals surface area contributed by atoms with Crippen molar-refractivity contribution < 1.29 is 17.2 Å². The second-order valence-electron chi connectivity index (χ2n) is 7.23. The fourth-order valence-corrected chi connectivity index (χ4v) is 5.64. The largest absolute Gasteiger partial charge is 0.356 e. The summed E-state index contributed by atoms with van der Waals surface area (Å²) in [5.74, 6) is 0.106. The number of nitrogens with zero attached hydrogens (tertiary/aromatic N) is 4. The molecule has 0 bridgehead atoms. The minimum absolute atomic E-state index is 0.0383. The van der Waals surface area contributed by atoms with E-state index in [4.69, 9.17) is 0 Å². The van der Waals surface area contributed by atoms with Crippen LogP contribution in [0.15, 0.2) is 18.6 Å². The highest BCUT2D eigenvalue weighted by Gasteiger charge is 2.43. The standard InChI is InChI=1S/C16H21F2N5O2S/c1-22(16-13-2-3-19-15(13)20-9-21-16)12-4-10(5-12)8-26(24,25)23-6-11(7-23)14(17)18/h2-3,9-12,14H,4-8H2,1H3,(H,19,20,21). The van der Waals surface area contributed by atoms with Gasteiger partial charge in [-0.2, -0.15) is 0 Å². The van der Waals surface area contributed by atoms with E-state index in [2.05, 4.69) is 19.9 Å². The molecule has 2 aromatic rings. The summed E-state index contributed by atoms with van der Waals surface area (Å²) in [6.07, 6.45) is 2.37. The maximum Gasteiger partial charge on any atom is 0.243 e. The number of hydrogen-bond acceptors (Lipinski definition) is 5. The topological polar surface area (TPSA) is 82.2 Å². The van der Waals surface area contributed by atoms with E-state index in [1.807, 2.05) is 19.3 Å². The van der Waals surface area contributed by atoms with Crippen molar-refractivity contribution in [3.63, 3.8) is 0 Å². The first-order chi connectivity index (χ1) is 12.3. The molecule has 142 valence electrons. The summed E-state index contributed by atoms with van der Waals surface area (Å²) >= 11 is 0. The van der Waals surface area contributed by atoms with Crippen molar-refractivity contribution in [3.05, 3.63) is 18.6 Å². The summed E-state index contributed by atoms with van der Waals surface area (Å²) < 4.78 is 50.9. The molecule has 1 aliphatic heterocycles. The summed E-state index contributed by atoms with van der Waals surface area (Å²) in [4.78, 5) is 13.6. The van der Waals surface area contributed by atoms with E-state index in [-0.39, 0.29) is 30.8 Å². The predicted octanol–water partition coefficient (Wildman–Crippen LogP) is 1.70. The average molecular weight is 385 g/mol. The van der Waals surface area contributed by atoms with Crippen molar-refractivity contribution in [1.29, 1.82) is 0 Å². The fourth-order valence-electron chi connectivity index (χ4n) is 3.72. The van der Waals surface area contributed by atoms with Gasteiger partial charge in [0, 0.05) is 38.3 Å². The zero-order valence-corrected chi connectivity index (χ0v) is 15.2. The maximum absolute atomic E-state index is 12.5. The van der Waals surface area contributed by atoms with E-state index in [0.29, 0.717) is 0 Å². The van der Waals surface area contributed by atoms with Crippen LogP contribution in [0, 0.1) is 11.8 Å². The summed E-state index contributed by atoms with van der Waals surface area (Å²) in [5.41, 5.74) is 0.770. The number of alkyl halides is 2. The second kappa shape index (κ2) is 6.41. The van der Waals surface area contributed by atoms with Crippen molar-refractivity contribution >= 4 is 26.9 Å². The molecule has 0 radical (unpaired) electrons. The Morgan fingerprint density at radius 3 is 2.77 bits per heavy atom. The zero-order valence-electron chi connectivity index (χ0n) is 14.3. The molecule has 10 heteroatoms. The molecule has 1 saturated carbocycles. The van der Waals surface area contributed by atoms with E-state index in [1.54, 1.807) is 0 Å². The SMILES string of the molecule is CN(c1ncnc2[nH]ccc12)C1CC(CS(=O)(=O)N2CC(C(F)F)C2)C1. The highest BCUT2D eigenvalue weighted by Crippen LogP contribution is 2.37. The Labute approximate surface area is 150 Å². The summed E-state index contributed by atoms with van der Waals surface area (Å²) in [5, 5.41) is 0.935. The van der Waals surface area contributed by atoms with Gasteiger partial charge in [0.15, 0.2) is 0 Å². The van der Waals surface area contributed by atoms with Crippen molar-refractivity contribution in [3.8, 4) is 0 Å². The van der Waals surface area contributed by atoms with Crippen LogP contribution in [-0.4, -0.2) is 66.0 Å². The Bertz CT molecular complexity index is 891. The molecule has 0 unspecified atom stereocenters. The van der Waals surface area contributed by atoms with Crippen molar-refractivity contribution in [1.82, 2.24) is 19.3 Å². The minimum atomic E-state index is -3.44. The van der Waals surface area contributed by atoms with Gasteiger partial charge >= 0.3 is 0 Å². The average Bonchev–Trinajstić information content (AvgIpc) is 2.96. The fraction of sp³-hybridized carbons (Fsp3) is 0.625. The first-order valence-corrected chi connectivity index (χ1v) is 10.2. The van der Waals surface area contributed by atoms with Crippen LogP contribution in [0.25, 0.3) is 11.0 Å². The number of nitrogens with one attached hydrogen (secondary N) is 1. The molecular formula is C16H21F2N5O2S. The molecule has 0 spiro atoms. The number of aromatic amines is 1. The van der Waals surface area contributed by atoms with E-state index in [0.717, 1.165) is 29.7 Å². The number of hydrogen-bond donors (Lipinski definition) is 1. The molecular weight excluding hydrogens is 364 g/mol. The van der Waals surface area contributed by atoms with E-state index in [9.17, 15) is 17.2 Å². The third-order valence-electron chi connectivity index (χ3n) is 5.50. The summed E-state index contributed by atoms with van der Waals surface area (Å²) in [6.45, 7) is -0.106. The molecule has 1 aliphatic carbocycles. The van der Waals surface area contributed by atoms with Gasteiger partial charge in [-0.3, -0.25) is 0 Å². The molecule has 2 aliphatic rings. The molecule has 0 atom stereocenters. The van der Waals surface area contributed by atoms with Gasteiger partial charge in [0.05, 0.1) is 11.1 Å².